The van der Waals surface area contributed by atoms with Crippen LogP contribution in [0.4, 0.5) is 0 Å². The summed E-state index contributed by atoms with van der Waals surface area (Å²) in [6.45, 7) is 3.21. The topological polar surface area (TPSA) is 19.7 Å². The third-order valence-corrected chi connectivity index (χ3v) is 4.47. The second-order valence-corrected chi connectivity index (χ2v) is 5.50. The third-order valence-electron chi connectivity index (χ3n) is 4.47. The molecule has 0 unspecified atom stereocenters. The average Bonchev–Trinajstić information content (AvgIpc) is 2.85. The summed E-state index contributed by atoms with van der Waals surface area (Å²) in [5.41, 5.74) is 5.71. The third kappa shape index (κ3) is 1.94. The molecule has 2 heterocycles. The lowest BCUT2D eigenvalue weighted by Crippen LogP contribution is -3.00. The molecule has 0 saturated heterocycles. The van der Waals surface area contributed by atoms with E-state index in [1.807, 2.05) is 0 Å². The SMILES string of the molecule is CC[n+]1cccc2c3[nH]c4c(c3ccc21)CCCC4.[I-]. The van der Waals surface area contributed by atoms with Crippen molar-refractivity contribution in [3.05, 3.63) is 41.7 Å². The number of nitrogens with zero attached hydrogens (tertiary/aromatic N) is 1. The van der Waals surface area contributed by atoms with Gasteiger partial charge in [0.25, 0.3) is 0 Å². The average molecular weight is 378 g/mol. The molecule has 4 rings (SSSR count). The molecule has 1 N–H and O–H groups in total. The highest BCUT2D eigenvalue weighted by molar-refractivity contribution is 6.04. The van der Waals surface area contributed by atoms with Crippen molar-refractivity contribution >= 4 is 21.8 Å². The molecule has 3 heteroatoms. The summed E-state index contributed by atoms with van der Waals surface area (Å²) in [7, 11) is 0. The molecular weight excluding hydrogens is 359 g/mol. The summed E-state index contributed by atoms with van der Waals surface area (Å²) < 4.78 is 2.31. The Bertz CT molecular complexity index is 773. The second kappa shape index (κ2) is 5.35. The number of aromatic nitrogens is 2. The van der Waals surface area contributed by atoms with Crippen molar-refractivity contribution in [3.8, 4) is 0 Å². The molecule has 0 spiro atoms. The van der Waals surface area contributed by atoms with Gasteiger partial charge in [0, 0.05) is 23.2 Å². The van der Waals surface area contributed by atoms with E-state index in [2.05, 4.69) is 46.9 Å². The highest BCUT2D eigenvalue weighted by atomic mass is 127. The maximum atomic E-state index is 3.70. The first-order valence-corrected chi connectivity index (χ1v) is 7.33. The van der Waals surface area contributed by atoms with Gasteiger partial charge in [-0.05, 0) is 50.3 Å². The zero-order chi connectivity index (χ0) is 12.8. The van der Waals surface area contributed by atoms with Crippen LogP contribution in [0.5, 0.6) is 0 Å². The Balaban J connectivity index is 0.00000121. The predicted molar refractivity (Wildman–Crippen MR) is 78.3 cm³/mol. The van der Waals surface area contributed by atoms with Crippen LogP contribution in [0, 0.1) is 0 Å². The molecule has 0 atom stereocenters. The maximum absolute atomic E-state index is 3.70. The summed E-state index contributed by atoms with van der Waals surface area (Å²) in [6.07, 6.45) is 7.28. The molecule has 1 aromatic carbocycles. The Morgan fingerprint density at radius 2 is 1.95 bits per heavy atom. The van der Waals surface area contributed by atoms with Crippen molar-refractivity contribution in [1.29, 1.82) is 0 Å². The van der Waals surface area contributed by atoms with E-state index in [0.29, 0.717) is 0 Å². The van der Waals surface area contributed by atoms with Gasteiger partial charge in [0.05, 0.1) is 10.9 Å². The second-order valence-electron chi connectivity index (χ2n) is 5.50. The van der Waals surface area contributed by atoms with Crippen LogP contribution in [0.1, 0.15) is 31.0 Å². The highest BCUT2D eigenvalue weighted by Crippen LogP contribution is 2.32. The fourth-order valence-corrected chi connectivity index (χ4v) is 3.50. The van der Waals surface area contributed by atoms with E-state index >= 15 is 0 Å². The Morgan fingerprint density at radius 3 is 2.80 bits per heavy atom. The van der Waals surface area contributed by atoms with Crippen LogP contribution < -0.4 is 28.5 Å². The molecule has 0 saturated carbocycles. The van der Waals surface area contributed by atoms with Crippen molar-refractivity contribution in [2.24, 2.45) is 0 Å². The molecule has 104 valence electrons. The van der Waals surface area contributed by atoms with Crippen molar-refractivity contribution < 1.29 is 28.5 Å². The van der Waals surface area contributed by atoms with Gasteiger partial charge in [-0.25, -0.2) is 0 Å². The van der Waals surface area contributed by atoms with Crippen LogP contribution >= 0.6 is 0 Å². The lowest BCUT2D eigenvalue weighted by atomic mass is 9.95. The predicted octanol–water partition coefficient (Wildman–Crippen LogP) is 0.511. The molecule has 0 bridgehead atoms. The molecule has 2 nitrogen and oxygen atoms in total. The van der Waals surface area contributed by atoms with Crippen molar-refractivity contribution in [2.45, 2.75) is 39.2 Å². The Morgan fingerprint density at radius 1 is 1.10 bits per heavy atom. The molecule has 0 aliphatic heterocycles. The first-order chi connectivity index (χ1) is 9.38. The van der Waals surface area contributed by atoms with Gasteiger partial charge in [-0.1, -0.05) is 0 Å². The molecule has 0 radical (unpaired) electrons. The molecule has 1 aliphatic rings. The van der Waals surface area contributed by atoms with Crippen LogP contribution in [-0.4, -0.2) is 4.98 Å². The van der Waals surface area contributed by atoms with Gasteiger partial charge in [-0.2, -0.15) is 4.57 Å². The summed E-state index contributed by atoms with van der Waals surface area (Å²) >= 11 is 0. The van der Waals surface area contributed by atoms with Crippen LogP contribution in [0.2, 0.25) is 0 Å². The number of nitrogens with one attached hydrogen (secondary N) is 1. The van der Waals surface area contributed by atoms with Gasteiger partial charge in [-0.3, -0.25) is 0 Å². The molecular formula is C17H19IN2. The number of fused-ring (bicyclic) bond motifs is 5. The molecule has 1 aliphatic carbocycles. The van der Waals surface area contributed by atoms with Gasteiger partial charge >= 0.3 is 0 Å². The highest BCUT2D eigenvalue weighted by Gasteiger charge is 2.18. The minimum atomic E-state index is 0. The standard InChI is InChI=1S/C17H18N2.HI/c1-2-19-11-5-7-14-16(19)10-9-13-12-6-3-4-8-15(12)18-17(13)14;/h5,7,9-11H,2-4,6,8H2,1H3;1H. The molecule has 0 amide bonds. The molecule has 2 aromatic heterocycles. The molecule has 0 fully saturated rings. The van der Waals surface area contributed by atoms with E-state index in [4.69, 9.17) is 0 Å². The zero-order valence-electron chi connectivity index (χ0n) is 11.7. The smallest absolute Gasteiger partial charge is 0.214 e. The van der Waals surface area contributed by atoms with Gasteiger partial charge in [0.15, 0.2) is 6.20 Å². The summed E-state index contributed by atoms with van der Waals surface area (Å²) in [6, 6.07) is 8.99. The number of aromatic amines is 1. The van der Waals surface area contributed by atoms with Gasteiger partial charge in [0.2, 0.25) is 5.52 Å². The lowest BCUT2D eigenvalue weighted by molar-refractivity contribution is -0.667. The molecule has 3 aromatic rings. The Hall–Kier alpha value is -1.10. The van der Waals surface area contributed by atoms with E-state index < -0.39 is 0 Å². The minimum Gasteiger partial charge on any atom is -1.00 e. The number of hydrogen-bond donors (Lipinski definition) is 1. The van der Waals surface area contributed by atoms with Crippen LogP contribution in [0.15, 0.2) is 30.5 Å². The van der Waals surface area contributed by atoms with Crippen molar-refractivity contribution in [2.75, 3.05) is 0 Å². The maximum Gasteiger partial charge on any atom is 0.214 e. The van der Waals surface area contributed by atoms with E-state index in [-0.39, 0.29) is 24.0 Å². The van der Waals surface area contributed by atoms with E-state index in [1.54, 1.807) is 5.56 Å². The number of halogens is 1. The number of H-pyrrole nitrogens is 1. The monoisotopic (exact) mass is 378 g/mol. The lowest BCUT2D eigenvalue weighted by Gasteiger charge is -2.10. The normalized spacial score (nSPS) is 14.2. The van der Waals surface area contributed by atoms with E-state index in [9.17, 15) is 0 Å². The Labute approximate surface area is 136 Å². The summed E-state index contributed by atoms with van der Waals surface area (Å²) in [5.74, 6) is 0. The van der Waals surface area contributed by atoms with E-state index in [1.165, 1.54) is 53.2 Å². The van der Waals surface area contributed by atoms with Gasteiger partial charge in [-0.15, -0.1) is 0 Å². The zero-order valence-corrected chi connectivity index (χ0v) is 13.9. The minimum absolute atomic E-state index is 0. The van der Waals surface area contributed by atoms with Crippen LogP contribution in [-0.2, 0) is 19.4 Å². The van der Waals surface area contributed by atoms with E-state index in [0.717, 1.165) is 6.54 Å². The fourth-order valence-electron chi connectivity index (χ4n) is 3.50. The largest absolute Gasteiger partial charge is 1.00 e. The first kappa shape index (κ1) is 13.9. The number of pyridine rings is 1. The van der Waals surface area contributed by atoms with Gasteiger partial charge in [0.1, 0.15) is 6.54 Å². The molecule has 20 heavy (non-hydrogen) atoms. The summed E-state index contributed by atoms with van der Waals surface area (Å²) in [5, 5.41) is 2.80. The fraction of sp³-hybridized carbons (Fsp3) is 0.353. The number of benzene rings is 1. The van der Waals surface area contributed by atoms with Crippen molar-refractivity contribution in [1.82, 2.24) is 4.98 Å². The quantitative estimate of drug-likeness (QED) is 0.471. The Kier molecular flexibility index (Phi) is 3.71. The summed E-state index contributed by atoms with van der Waals surface area (Å²) in [4.78, 5) is 3.70. The number of rotatable bonds is 1. The van der Waals surface area contributed by atoms with Crippen LogP contribution in [0.3, 0.4) is 0 Å². The number of aryl methyl sites for hydroxylation is 3. The number of hydrogen-bond acceptors (Lipinski definition) is 0. The van der Waals surface area contributed by atoms with Crippen LogP contribution in [0.25, 0.3) is 21.8 Å². The van der Waals surface area contributed by atoms with Gasteiger partial charge < -0.3 is 29.0 Å². The van der Waals surface area contributed by atoms with Crippen molar-refractivity contribution in [3.63, 3.8) is 0 Å². The first-order valence-electron chi connectivity index (χ1n) is 7.33.